The number of anilines is 1. The number of rotatable bonds is 4. The molecule has 34 heavy (non-hydrogen) atoms. The lowest BCUT2D eigenvalue weighted by atomic mass is 10.1. The number of H-pyrrole nitrogens is 1. The fourth-order valence-electron chi connectivity index (χ4n) is 3.53. The number of amides is 1. The minimum absolute atomic E-state index is 0.00532. The van der Waals surface area contributed by atoms with Crippen molar-refractivity contribution in [2.45, 2.75) is 26.9 Å². The summed E-state index contributed by atoms with van der Waals surface area (Å²) in [6, 6.07) is 7.89. The molecule has 0 radical (unpaired) electrons. The first-order chi connectivity index (χ1) is 16.1. The molecule has 0 aliphatic rings. The molecule has 0 aliphatic heterocycles. The molecule has 4 rings (SSSR count). The van der Waals surface area contributed by atoms with Crippen LogP contribution in [-0.4, -0.2) is 30.6 Å². The number of alkyl halides is 3. The molecule has 174 valence electrons. The van der Waals surface area contributed by atoms with Crippen LogP contribution >= 0.6 is 0 Å². The van der Waals surface area contributed by atoms with Crippen molar-refractivity contribution < 1.29 is 18.0 Å². The van der Waals surface area contributed by atoms with Crippen molar-refractivity contribution >= 4 is 11.7 Å². The molecule has 3 heterocycles. The number of nitrogens with one attached hydrogen (secondary N) is 2. The highest BCUT2D eigenvalue weighted by Crippen LogP contribution is 2.32. The van der Waals surface area contributed by atoms with Gasteiger partial charge in [-0.15, -0.1) is 0 Å². The van der Waals surface area contributed by atoms with Crippen molar-refractivity contribution in [2.75, 3.05) is 5.32 Å². The molecule has 11 heteroatoms. The average Bonchev–Trinajstić information content (AvgIpc) is 3.07. The maximum absolute atomic E-state index is 13.4. The highest BCUT2D eigenvalue weighted by Gasteiger charge is 2.35. The van der Waals surface area contributed by atoms with Gasteiger partial charge in [0.2, 0.25) is 5.95 Å². The molecule has 0 saturated heterocycles. The molecule has 0 unspecified atom stereocenters. The van der Waals surface area contributed by atoms with Crippen LogP contribution in [0.2, 0.25) is 0 Å². The van der Waals surface area contributed by atoms with Gasteiger partial charge in [0.1, 0.15) is 5.82 Å². The van der Waals surface area contributed by atoms with E-state index in [1.54, 1.807) is 39.1 Å². The lowest BCUT2D eigenvalue weighted by Gasteiger charge is -2.14. The van der Waals surface area contributed by atoms with E-state index < -0.39 is 28.8 Å². The van der Waals surface area contributed by atoms with Crippen LogP contribution in [0.25, 0.3) is 17.1 Å². The Morgan fingerprint density at radius 1 is 1.06 bits per heavy atom. The Hall–Kier alpha value is -4.28. The fourth-order valence-corrected chi connectivity index (χ4v) is 3.53. The van der Waals surface area contributed by atoms with Gasteiger partial charge in [0.05, 0.1) is 28.1 Å². The Morgan fingerprint density at radius 3 is 2.44 bits per heavy atom. The topological polar surface area (TPSA) is 106 Å². The van der Waals surface area contributed by atoms with E-state index in [4.69, 9.17) is 0 Å². The summed E-state index contributed by atoms with van der Waals surface area (Å²) < 4.78 is 41.4. The van der Waals surface area contributed by atoms with Crippen LogP contribution in [0.1, 0.15) is 32.9 Å². The van der Waals surface area contributed by atoms with Crippen molar-refractivity contribution in [1.82, 2.24) is 24.7 Å². The predicted octanol–water partition coefficient (Wildman–Crippen LogP) is 4.21. The number of benzene rings is 1. The quantitative estimate of drug-likeness (QED) is 0.467. The molecular weight excluding hydrogens is 449 g/mol. The number of hydrogen-bond donors (Lipinski definition) is 2. The molecule has 0 aliphatic carbocycles. The number of pyridine rings is 1. The van der Waals surface area contributed by atoms with Crippen molar-refractivity contribution in [1.29, 1.82) is 0 Å². The smallest absolute Gasteiger partial charge is 0.306 e. The van der Waals surface area contributed by atoms with E-state index in [1.807, 2.05) is 0 Å². The van der Waals surface area contributed by atoms with Crippen LogP contribution in [0, 0.1) is 20.8 Å². The van der Waals surface area contributed by atoms with E-state index in [-0.39, 0.29) is 11.8 Å². The lowest BCUT2D eigenvalue weighted by Crippen LogP contribution is -2.22. The molecule has 0 fully saturated rings. The van der Waals surface area contributed by atoms with Crippen molar-refractivity contribution in [3.05, 3.63) is 87.2 Å². The summed E-state index contributed by atoms with van der Waals surface area (Å²) in [6.07, 6.45) is -1.59. The molecule has 0 saturated carbocycles. The number of carbonyl (C=O) groups excluding carboxylic acids is 1. The summed E-state index contributed by atoms with van der Waals surface area (Å²) in [5.74, 6) is -0.870. The monoisotopic (exact) mass is 468 g/mol. The number of carbonyl (C=O) groups is 1. The molecule has 4 aromatic rings. The summed E-state index contributed by atoms with van der Waals surface area (Å²) in [5.41, 5.74) is 0.233. The maximum Gasteiger partial charge on any atom is 0.417 e. The summed E-state index contributed by atoms with van der Waals surface area (Å²) in [4.78, 5) is 36.8. The molecule has 1 amide bonds. The molecule has 1 aromatic carbocycles. The summed E-state index contributed by atoms with van der Waals surface area (Å²) in [6.45, 7) is 4.96. The highest BCUT2D eigenvalue weighted by atomic mass is 19.4. The first-order valence-electron chi connectivity index (χ1n) is 10.1. The van der Waals surface area contributed by atoms with Crippen LogP contribution in [0.3, 0.4) is 0 Å². The number of aromatic nitrogens is 5. The Morgan fingerprint density at radius 2 is 1.79 bits per heavy atom. The number of hydrogen-bond acceptors (Lipinski definition) is 5. The zero-order chi connectivity index (χ0) is 24.6. The molecular formula is C23H19F3N6O2. The van der Waals surface area contributed by atoms with E-state index in [9.17, 15) is 22.8 Å². The van der Waals surface area contributed by atoms with Crippen LogP contribution in [0.4, 0.5) is 19.0 Å². The first kappa shape index (κ1) is 22.9. The Bertz CT molecular complexity index is 1440. The maximum atomic E-state index is 13.4. The lowest BCUT2D eigenvalue weighted by molar-refractivity contribution is -0.137. The molecule has 8 nitrogen and oxygen atoms in total. The van der Waals surface area contributed by atoms with Crippen LogP contribution in [-0.2, 0) is 6.18 Å². The third-order valence-electron chi connectivity index (χ3n) is 5.31. The van der Waals surface area contributed by atoms with E-state index in [1.165, 1.54) is 23.0 Å². The summed E-state index contributed by atoms with van der Waals surface area (Å²) in [7, 11) is 0. The fraction of sp³-hybridized carbons (Fsp3) is 0.174. The normalized spacial score (nSPS) is 11.5. The third kappa shape index (κ3) is 4.19. The van der Waals surface area contributed by atoms with Gasteiger partial charge in [-0.1, -0.05) is 18.2 Å². The van der Waals surface area contributed by atoms with E-state index in [2.05, 4.69) is 25.4 Å². The van der Waals surface area contributed by atoms with Gasteiger partial charge in [-0.2, -0.15) is 23.0 Å². The van der Waals surface area contributed by atoms with Crippen molar-refractivity contribution in [3.8, 4) is 17.1 Å². The van der Waals surface area contributed by atoms with E-state index in [0.717, 1.165) is 12.1 Å². The van der Waals surface area contributed by atoms with E-state index in [0.29, 0.717) is 28.1 Å². The minimum atomic E-state index is -4.70. The Balaban J connectivity index is 1.78. The molecule has 0 atom stereocenters. The second-order valence-corrected chi connectivity index (χ2v) is 7.56. The summed E-state index contributed by atoms with van der Waals surface area (Å²) >= 11 is 0. The number of aryl methyl sites for hydroxylation is 2. The minimum Gasteiger partial charge on any atom is -0.306 e. The standard InChI is InChI=1S/C23H19F3N6O2/c1-12-13(2)31-32(19(12)29-20(33)16-8-4-5-9-17(16)23(24,25)26)22-28-14(3)18(21(34)30-22)15-7-6-10-27-11-15/h4-11H,1-3H3,(H,29,33)(H,28,30,34). The zero-order valence-corrected chi connectivity index (χ0v) is 18.4. The Labute approximate surface area is 191 Å². The molecule has 0 bridgehead atoms. The van der Waals surface area contributed by atoms with Gasteiger partial charge in [-0.25, -0.2) is 4.98 Å². The third-order valence-corrected chi connectivity index (χ3v) is 5.31. The van der Waals surface area contributed by atoms with E-state index >= 15 is 0 Å². The van der Waals surface area contributed by atoms with Gasteiger partial charge in [0, 0.05) is 23.5 Å². The second-order valence-electron chi connectivity index (χ2n) is 7.56. The number of halogens is 3. The van der Waals surface area contributed by atoms with Gasteiger partial charge in [0.15, 0.2) is 0 Å². The summed E-state index contributed by atoms with van der Waals surface area (Å²) in [5, 5.41) is 6.82. The van der Waals surface area contributed by atoms with Crippen LogP contribution in [0.15, 0.2) is 53.6 Å². The van der Waals surface area contributed by atoms with Crippen LogP contribution in [0.5, 0.6) is 0 Å². The molecule has 0 spiro atoms. The average molecular weight is 468 g/mol. The first-order valence-corrected chi connectivity index (χ1v) is 10.1. The largest absolute Gasteiger partial charge is 0.417 e. The van der Waals surface area contributed by atoms with Crippen molar-refractivity contribution in [3.63, 3.8) is 0 Å². The van der Waals surface area contributed by atoms with Gasteiger partial charge in [-0.3, -0.25) is 19.6 Å². The highest BCUT2D eigenvalue weighted by molar-refractivity contribution is 6.05. The van der Waals surface area contributed by atoms with Gasteiger partial charge < -0.3 is 5.32 Å². The Kier molecular flexibility index (Phi) is 5.78. The SMILES string of the molecule is Cc1nn(-c2nc(C)c(-c3cccnc3)c(=O)[nH]2)c(NC(=O)c2ccccc2C(F)(F)F)c1C. The molecule has 2 N–H and O–H groups in total. The van der Waals surface area contributed by atoms with Gasteiger partial charge in [0.25, 0.3) is 11.5 Å². The number of aromatic amines is 1. The second kappa shape index (κ2) is 8.58. The van der Waals surface area contributed by atoms with Gasteiger partial charge in [-0.05, 0) is 39.0 Å². The molecule has 3 aromatic heterocycles. The number of nitrogens with zero attached hydrogens (tertiary/aromatic N) is 4. The van der Waals surface area contributed by atoms with Crippen molar-refractivity contribution in [2.24, 2.45) is 0 Å². The van der Waals surface area contributed by atoms with Gasteiger partial charge >= 0.3 is 6.18 Å². The van der Waals surface area contributed by atoms with Crippen LogP contribution < -0.4 is 10.9 Å². The predicted molar refractivity (Wildman–Crippen MR) is 119 cm³/mol. The zero-order valence-electron chi connectivity index (χ0n) is 18.4.